The third kappa shape index (κ3) is 2.98. The molecule has 0 saturated carbocycles. The Kier molecular flexibility index (Phi) is 3.86. The Morgan fingerprint density at radius 2 is 2.19 bits per heavy atom. The van der Waals surface area contributed by atoms with Gasteiger partial charge in [-0.25, -0.2) is 4.98 Å². The standard InChI is InChI=1S/C13H15N5O2S/c1-3-18-8-13(16-9(18)2)21(19,20)17-12-5-4-10(7-14)6-11(12)15/h4-6,8,17H,3,15H2,1-2H3. The van der Waals surface area contributed by atoms with Crippen LogP contribution in [0, 0.1) is 18.3 Å². The third-order valence-corrected chi connectivity index (χ3v) is 4.23. The predicted octanol–water partition coefficient (Wildman–Crippen LogP) is 1.47. The van der Waals surface area contributed by atoms with Gasteiger partial charge in [-0.3, -0.25) is 4.72 Å². The molecule has 1 aromatic carbocycles. The zero-order valence-corrected chi connectivity index (χ0v) is 12.5. The molecule has 2 rings (SSSR count). The Morgan fingerprint density at radius 3 is 2.71 bits per heavy atom. The number of nitrogens with zero attached hydrogens (tertiary/aromatic N) is 3. The van der Waals surface area contributed by atoms with Crippen molar-refractivity contribution < 1.29 is 8.42 Å². The summed E-state index contributed by atoms with van der Waals surface area (Å²) in [5.41, 5.74) is 6.51. The summed E-state index contributed by atoms with van der Waals surface area (Å²) in [6.45, 7) is 4.27. The number of nitrogens with two attached hydrogens (primary N) is 1. The lowest BCUT2D eigenvalue weighted by Crippen LogP contribution is -2.14. The monoisotopic (exact) mass is 305 g/mol. The van der Waals surface area contributed by atoms with Crippen molar-refractivity contribution in [2.75, 3.05) is 10.5 Å². The maximum absolute atomic E-state index is 12.3. The van der Waals surface area contributed by atoms with E-state index < -0.39 is 10.0 Å². The molecular formula is C13H15N5O2S. The predicted molar refractivity (Wildman–Crippen MR) is 79.0 cm³/mol. The average molecular weight is 305 g/mol. The summed E-state index contributed by atoms with van der Waals surface area (Å²) in [6.07, 6.45) is 1.47. The molecule has 0 saturated heterocycles. The van der Waals surface area contributed by atoms with Gasteiger partial charge < -0.3 is 10.3 Å². The summed E-state index contributed by atoms with van der Waals surface area (Å²) in [5, 5.41) is 8.70. The van der Waals surface area contributed by atoms with Crippen LogP contribution in [-0.4, -0.2) is 18.0 Å². The number of aryl methyl sites for hydroxylation is 2. The Morgan fingerprint density at radius 1 is 1.48 bits per heavy atom. The highest BCUT2D eigenvalue weighted by molar-refractivity contribution is 7.92. The molecule has 7 nitrogen and oxygen atoms in total. The number of aromatic nitrogens is 2. The van der Waals surface area contributed by atoms with Crippen LogP contribution in [0.3, 0.4) is 0 Å². The maximum Gasteiger partial charge on any atom is 0.281 e. The van der Waals surface area contributed by atoms with Crippen molar-refractivity contribution in [2.45, 2.75) is 25.4 Å². The molecular weight excluding hydrogens is 290 g/mol. The number of benzene rings is 1. The fourth-order valence-corrected chi connectivity index (χ4v) is 2.95. The Labute approximate surface area is 123 Å². The van der Waals surface area contributed by atoms with Gasteiger partial charge >= 0.3 is 0 Å². The molecule has 1 heterocycles. The number of imidazole rings is 1. The minimum absolute atomic E-state index is 0.0643. The number of anilines is 2. The van der Waals surface area contributed by atoms with Crippen LogP contribution in [0.5, 0.6) is 0 Å². The first-order valence-electron chi connectivity index (χ1n) is 6.23. The minimum Gasteiger partial charge on any atom is -0.397 e. The molecule has 0 fully saturated rings. The Balaban J connectivity index is 2.35. The Hall–Kier alpha value is -2.53. The van der Waals surface area contributed by atoms with Gasteiger partial charge in [0.25, 0.3) is 10.0 Å². The molecule has 0 aliphatic rings. The number of nitrogen functional groups attached to an aromatic ring is 1. The van der Waals surface area contributed by atoms with Gasteiger partial charge in [-0.15, -0.1) is 0 Å². The molecule has 0 atom stereocenters. The van der Waals surface area contributed by atoms with Crippen molar-refractivity contribution in [3.63, 3.8) is 0 Å². The second-order valence-corrected chi connectivity index (χ2v) is 6.06. The summed E-state index contributed by atoms with van der Waals surface area (Å²) in [7, 11) is -3.81. The van der Waals surface area contributed by atoms with Gasteiger partial charge in [-0.2, -0.15) is 13.7 Å². The third-order valence-electron chi connectivity index (χ3n) is 2.99. The van der Waals surface area contributed by atoms with E-state index in [0.717, 1.165) is 0 Å². The van der Waals surface area contributed by atoms with Crippen LogP contribution in [-0.2, 0) is 16.6 Å². The summed E-state index contributed by atoms with van der Waals surface area (Å²) in [5.74, 6) is 0.616. The van der Waals surface area contributed by atoms with Crippen LogP contribution in [0.25, 0.3) is 0 Å². The van der Waals surface area contributed by atoms with Gasteiger partial charge in [-0.1, -0.05) is 0 Å². The number of hydrogen-bond acceptors (Lipinski definition) is 5. The summed E-state index contributed by atoms with van der Waals surface area (Å²) < 4.78 is 28.7. The van der Waals surface area contributed by atoms with Gasteiger partial charge in [-0.05, 0) is 32.0 Å². The van der Waals surface area contributed by atoms with Crippen LogP contribution in [0.1, 0.15) is 18.3 Å². The molecule has 0 amide bonds. The summed E-state index contributed by atoms with van der Waals surface area (Å²) in [6, 6.07) is 6.29. The lowest BCUT2D eigenvalue weighted by Gasteiger charge is -2.08. The number of sulfonamides is 1. The molecule has 0 unspecified atom stereocenters. The molecule has 0 radical (unpaired) electrons. The van der Waals surface area contributed by atoms with Gasteiger partial charge in [0.05, 0.1) is 23.0 Å². The van der Waals surface area contributed by atoms with Gasteiger partial charge in [0.15, 0.2) is 5.03 Å². The van der Waals surface area contributed by atoms with Gasteiger partial charge in [0, 0.05) is 12.7 Å². The van der Waals surface area contributed by atoms with Crippen molar-refractivity contribution in [2.24, 2.45) is 0 Å². The van der Waals surface area contributed by atoms with Crippen LogP contribution in [0.2, 0.25) is 0 Å². The molecule has 8 heteroatoms. The van der Waals surface area contributed by atoms with E-state index in [9.17, 15) is 8.42 Å². The minimum atomic E-state index is -3.81. The van der Waals surface area contributed by atoms with E-state index in [4.69, 9.17) is 11.0 Å². The zero-order valence-electron chi connectivity index (χ0n) is 11.7. The highest BCUT2D eigenvalue weighted by atomic mass is 32.2. The lowest BCUT2D eigenvalue weighted by atomic mass is 10.2. The molecule has 21 heavy (non-hydrogen) atoms. The summed E-state index contributed by atoms with van der Waals surface area (Å²) >= 11 is 0. The topological polar surface area (TPSA) is 114 Å². The number of nitrogens with one attached hydrogen (secondary N) is 1. The van der Waals surface area contributed by atoms with Crippen LogP contribution in [0.4, 0.5) is 11.4 Å². The normalized spacial score (nSPS) is 11.1. The molecule has 0 bridgehead atoms. The van der Waals surface area contributed by atoms with Crippen LogP contribution < -0.4 is 10.5 Å². The SMILES string of the molecule is CCn1cc(S(=O)(=O)Nc2ccc(C#N)cc2N)nc1C. The maximum atomic E-state index is 12.3. The van der Waals surface area contributed by atoms with Crippen molar-refractivity contribution in [3.8, 4) is 6.07 Å². The highest BCUT2D eigenvalue weighted by Gasteiger charge is 2.20. The van der Waals surface area contributed by atoms with E-state index in [-0.39, 0.29) is 16.4 Å². The molecule has 3 N–H and O–H groups in total. The number of hydrogen-bond donors (Lipinski definition) is 2. The van der Waals surface area contributed by atoms with Crippen molar-refractivity contribution in [1.29, 1.82) is 5.26 Å². The quantitative estimate of drug-likeness (QED) is 0.830. The van der Waals surface area contributed by atoms with Crippen molar-refractivity contribution >= 4 is 21.4 Å². The van der Waals surface area contributed by atoms with E-state index in [1.165, 1.54) is 24.4 Å². The van der Waals surface area contributed by atoms with E-state index in [1.807, 2.05) is 13.0 Å². The molecule has 0 aliphatic carbocycles. The highest BCUT2D eigenvalue weighted by Crippen LogP contribution is 2.23. The first-order valence-corrected chi connectivity index (χ1v) is 7.72. The molecule has 110 valence electrons. The lowest BCUT2D eigenvalue weighted by molar-refractivity contribution is 0.598. The van der Waals surface area contributed by atoms with Crippen LogP contribution >= 0.6 is 0 Å². The fourth-order valence-electron chi connectivity index (χ4n) is 1.85. The fraction of sp³-hybridized carbons (Fsp3) is 0.231. The molecule has 0 spiro atoms. The molecule has 1 aromatic heterocycles. The number of rotatable bonds is 4. The van der Waals surface area contributed by atoms with E-state index >= 15 is 0 Å². The smallest absolute Gasteiger partial charge is 0.281 e. The molecule has 0 aliphatic heterocycles. The van der Waals surface area contributed by atoms with Gasteiger partial charge in [0.2, 0.25) is 0 Å². The van der Waals surface area contributed by atoms with Crippen LogP contribution in [0.15, 0.2) is 29.4 Å². The average Bonchev–Trinajstić information content (AvgIpc) is 2.83. The second-order valence-electron chi connectivity index (χ2n) is 4.43. The first-order chi connectivity index (χ1) is 9.87. The largest absolute Gasteiger partial charge is 0.397 e. The number of nitriles is 1. The van der Waals surface area contributed by atoms with Crippen molar-refractivity contribution in [3.05, 3.63) is 35.8 Å². The zero-order chi connectivity index (χ0) is 15.6. The first kappa shape index (κ1) is 14.9. The van der Waals surface area contributed by atoms with E-state index in [1.54, 1.807) is 11.5 Å². The second kappa shape index (κ2) is 5.46. The summed E-state index contributed by atoms with van der Waals surface area (Å²) in [4.78, 5) is 4.03. The van der Waals surface area contributed by atoms with Crippen molar-refractivity contribution in [1.82, 2.24) is 9.55 Å². The Bertz CT molecular complexity index is 818. The van der Waals surface area contributed by atoms with Gasteiger partial charge in [0.1, 0.15) is 5.82 Å². The molecule has 2 aromatic rings. The van der Waals surface area contributed by atoms with E-state index in [2.05, 4.69) is 9.71 Å². The van der Waals surface area contributed by atoms with E-state index in [0.29, 0.717) is 17.9 Å².